The molecule has 1 N–H and O–H groups in total. The fourth-order valence-electron chi connectivity index (χ4n) is 2.93. The van der Waals surface area contributed by atoms with Crippen LogP contribution in [0.5, 0.6) is 0 Å². The number of halogens is 1. The number of hydrogen-bond acceptors (Lipinski definition) is 8. The third-order valence-corrected chi connectivity index (χ3v) is 6.68. The van der Waals surface area contributed by atoms with Gasteiger partial charge in [0.2, 0.25) is 5.28 Å². The number of pyridine rings is 1. The summed E-state index contributed by atoms with van der Waals surface area (Å²) in [6.45, 7) is 7.48. The zero-order chi connectivity index (χ0) is 22.1. The van der Waals surface area contributed by atoms with Crippen molar-refractivity contribution in [3.8, 4) is 0 Å². The van der Waals surface area contributed by atoms with Crippen molar-refractivity contribution in [3.05, 3.63) is 45.2 Å². The van der Waals surface area contributed by atoms with E-state index in [1.54, 1.807) is 24.5 Å². The molecule has 0 radical (unpaired) electrons. The van der Waals surface area contributed by atoms with Crippen LogP contribution in [0.2, 0.25) is 5.28 Å². The van der Waals surface area contributed by atoms with Crippen LogP contribution in [0.25, 0.3) is 11.2 Å². The van der Waals surface area contributed by atoms with E-state index in [9.17, 15) is 13.2 Å². The highest BCUT2D eigenvalue weighted by Crippen LogP contribution is 2.20. The molecular formula is C19H23ClN6O3S. The Labute approximate surface area is 179 Å². The standard InChI is InChI=1S/C19H23ClN6O3S/c1-5-11(3)26-17-15(12(4)23-19(20)25-17)24-16(18(26)27)22-10-13-7-8-14(21-9-13)30(28,29)6-2/h7-9,11H,5-6,10H2,1-4H3,(H,22,24)/t11-/m1/s1. The van der Waals surface area contributed by atoms with E-state index in [1.807, 2.05) is 13.8 Å². The minimum Gasteiger partial charge on any atom is -0.361 e. The van der Waals surface area contributed by atoms with Crippen molar-refractivity contribution in [2.75, 3.05) is 11.1 Å². The van der Waals surface area contributed by atoms with Gasteiger partial charge in [-0.25, -0.2) is 23.4 Å². The van der Waals surface area contributed by atoms with Gasteiger partial charge in [0.25, 0.3) is 5.56 Å². The summed E-state index contributed by atoms with van der Waals surface area (Å²) in [5.41, 5.74) is 1.85. The summed E-state index contributed by atoms with van der Waals surface area (Å²) in [5.74, 6) is 0.140. The molecule has 0 saturated carbocycles. The van der Waals surface area contributed by atoms with E-state index in [4.69, 9.17) is 11.6 Å². The molecule has 3 aromatic heterocycles. The van der Waals surface area contributed by atoms with Crippen LogP contribution in [0.4, 0.5) is 5.82 Å². The predicted octanol–water partition coefficient (Wildman–Crippen LogP) is 2.92. The molecular weight excluding hydrogens is 428 g/mol. The van der Waals surface area contributed by atoms with Crippen molar-refractivity contribution in [2.24, 2.45) is 0 Å². The van der Waals surface area contributed by atoms with Gasteiger partial charge in [0.15, 0.2) is 26.3 Å². The molecule has 0 aliphatic heterocycles. The van der Waals surface area contributed by atoms with Crippen LogP contribution in [0, 0.1) is 6.92 Å². The number of aromatic nitrogens is 5. The SMILES string of the molecule is CC[C@@H](C)n1c(=O)c(NCc2ccc(S(=O)(=O)CC)nc2)nc2c(C)nc(Cl)nc21. The number of fused-ring (bicyclic) bond motifs is 1. The van der Waals surface area contributed by atoms with E-state index in [2.05, 4.69) is 25.3 Å². The second-order valence-corrected chi connectivity index (χ2v) is 9.47. The Morgan fingerprint density at radius 2 is 1.93 bits per heavy atom. The molecule has 0 amide bonds. The van der Waals surface area contributed by atoms with Crippen LogP contribution in [0.15, 0.2) is 28.2 Å². The quantitative estimate of drug-likeness (QED) is 0.545. The zero-order valence-electron chi connectivity index (χ0n) is 17.2. The van der Waals surface area contributed by atoms with Crippen LogP contribution in [-0.2, 0) is 16.4 Å². The summed E-state index contributed by atoms with van der Waals surface area (Å²) < 4.78 is 25.4. The van der Waals surface area contributed by atoms with Gasteiger partial charge in [-0.1, -0.05) is 19.9 Å². The van der Waals surface area contributed by atoms with E-state index in [0.717, 1.165) is 6.42 Å². The molecule has 160 valence electrons. The van der Waals surface area contributed by atoms with E-state index >= 15 is 0 Å². The lowest BCUT2D eigenvalue weighted by Gasteiger charge is -2.18. The zero-order valence-corrected chi connectivity index (χ0v) is 18.8. The fraction of sp³-hybridized carbons (Fsp3) is 0.421. The number of aryl methyl sites for hydroxylation is 1. The van der Waals surface area contributed by atoms with Gasteiger partial charge in [-0.05, 0) is 43.5 Å². The van der Waals surface area contributed by atoms with Gasteiger partial charge in [0.05, 0.1) is 11.4 Å². The molecule has 3 aromatic rings. The van der Waals surface area contributed by atoms with Gasteiger partial charge in [-0.2, -0.15) is 4.98 Å². The second-order valence-electron chi connectivity index (χ2n) is 6.90. The molecule has 0 spiro atoms. The van der Waals surface area contributed by atoms with Crippen molar-refractivity contribution in [3.63, 3.8) is 0 Å². The Morgan fingerprint density at radius 1 is 1.20 bits per heavy atom. The molecule has 0 fully saturated rings. The molecule has 0 bridgehead atoms. The van der Waals surface area contributed by atoms with Gasteiger partial charge >= 0.3 is 0 Å². The Balaban J connectivity index is 1.99. The van der Waals surface area contributed by atoms with Crippen molar-refractivity contribution in [2.45, 2.75) is 51.7 Å². The van der Waals surface area contributed by atoms with Crippen LogP contribution < -0.4 is 10.9 Å². The number of nitrogens with zero attached hydrogens (tertiary/aromatic N) is 5. The third kappa shape index (κ3) is 4.29. The lowest BCUT2D eigenvalue weighted by atomic mass is 10.2. The topological polar surface area (TPSA) is 120 Å². The summed E-state index contributed by atoms with van der Waals surface area (Å²) in [6.07, 6.45) is 2.19. The minimum atomic E-state index is -3.36. The van der Waals surface area contributed by atoms with E-state index in [-0.39, 0.29) is 40.0 Å². The molecule has 9 nitrogen and oxygen atoms in total. The second kappa shape index (κ2) is 8.65. The maximum Gasteiger partial charge on any atom is 0.295 e. The number of nitrogens with one attached hydrogen (secondary N) is 1. The summed E-state index contributed by atoms with van der Waals surface area (Å²) in [4.78, 5) is 29.9. The largest absolute Gasteiger partial charge is 0.361 e. The molecule has 0 aromatic carbocycles. The Bertz CT molecular complexity index is 1240. The van der Waals surface area contributed by atoms with Crippen LogP contribution in [0.1, 0.15) is 44.5 Å². The van der Waals surface area contributed by atoms with E-state index < -0.39 is 9.84 Å². The molecule has 3 rings (SSSR count). The molecule has 0 saturated heterocycles. The van der Waals surface area contributed by atoms with Crippen LogP contribution >= 0.6 is 11.6 Å². The highest BCUT2D eigenvalue weighted by atomic mass is 35.5. The molecule has 30 heavy (non-hydrogen) atoms. The Morgan fingerprint density at radius 3 is 2.53 bits per heavy atom. The number of rotatable bonds is 7. The van der Waals surface area contributed by atoms with Crippen LogP contribution in [0.3, 0.4) is 0 Å². The Kier molecular flexibility index (Phi) is 6.37. The number of hydrogen-bond donors (Lipinski definition) is 1. The molecule has 11 heteroatoms. The lowest BCUT2D eigenvalue weighted by molar-refractivity contribution is 0.526. The molecule has 3 heterocycles. The first kappa shape index (κ1) is 22.1. The summed E-state index contributed by atoms with van der Waals surface area (Å²) in [5, 5.41) is 3.12. The Hall–Kier alpha value is -2.59. The lowest BCUT2D eigenvalue weighted by Crippen LogP contribution is -2.28. The van der Waals surface area contributed by atoms with E-state index in [1.165, 1.54) is 12.3 Å². The third-order valence-electron chi connectivity index (χ3n) is 4.87. The summed E-state index contributed by atoms with van der Waals surface area (Å²) in [7, 11) is -3.36. The molecule has 0 unspecified atom stereocenters. The first-order valence-corrected chi connectivity index (χ1v) is 11.6. The normalized spacial score (nSPS) is 12.8. The number of sulfone groups is 1. The fourth-order valence-corrected chi connectivity index (χ4v) is 3.92. The molecule has 0 aliphatic carbocycles. The minimum absolute atomic E-state index is 0.0147. The average Bonchev–Trinajstić information content (AvgIpc) is 2.72. The average molecular weight is 451 g/mol. The highest BCUT2D eigenvalue weighted by Gasteiger charge is 2.19. The summed E-state index contributed by atoms with van der Waals surface area (Å²) >= 11 is 6.00. The maximum absolute atomic E-state index is 13.1. The highest BCUT2D eigenvalue weighted by molar-refractivity contribution is 7.91. The monoisotopic (exact) mass is 450 g/mol. The van der Waals surface area contributed by atoms with Crippen molar-refractivity contribution in [1.29, 1.82) is 0 Å². The maximum atomic E-state index is 13.1. The van der Waals surface area contributed by atoms with Crippen LogP contribution in [-0.4, -0.2) is 38.7 Å². The number of anilines is 1. The first-order valence-electron chi connectivity index (χ1n) is 9.55. The van der Waals surface area contributed by atoms with Crippen molar-refractivity contribution in [1.82, 2.24) is 24.5 Å². The van der Waals surface area contributed by atoms with E-state index in [0.29, 0.717) is 22.4 Å². The molecule has 0 aliphatic rings. The van der Waals surface area contributed by atoms with Gasteiger partial charge < -0.3 is 5.32 Å². The molecule has 1 atom stereocenters. The van der Waals surface area contributed by atoms with Crippen molar-refractivity contribution < 1.29 is 8.42 Å². The van der Waals surface area contributed by atoms with Gasteiger partial charge in [0.1, 0.15) is 5.52 Å². The van der Waals surface area contributed by atoms with Crippen molar-refractivity contribution >= 4 is 38.4 Å². The smallest absolute Gasteiger partial charge is 0.295 e. The van der Waals surface area contributed by atoms with Gasteiger partial charge in [0, 0.05) is 18.8 Å². The first-order chi connectivity index (χ1) is 14.2. The predicted molar refractivity (Wildman–Crippen MR) is 116 cm³/mol. The van der Waals surface area contributed by atoms with Gasteiger partial charge in [-0.3, -0.25) is 9.36 Å². The van der Waals surface area contributed by atoms with Gasteiger partial charge in [-0.15, -0.1) is 0 Å². The summed E-state index contributed by atoms with van der Waals surface area (Å²) in [6, 6.07) is 3.00.